The van der Waals surface area contributed by atoms with Gasteiger partial charge in [-0.15, -0.1) is 0 Å². The van der Waals surface area contributed by atoms with Crippen LogP contribution in [0.2, 0.25) is 0 Å². The summed E-state index contributed by atoms with van der Waals surface area (Å²) in [6, 6.07) is 20.1. The molecule has 0 atom stereocenters. The van der Waals surface area contributed by atoms with Gasteiger partial charge in [-0.25, -0.2) is 0 Å². The SMILES string of the molecule is COc1ccc(C(=O)Nc2ccccc2Oc2ccccc2)cc1[N+](=O)[O-]. The zero-order valence-corrected chi connectivity index (χ0v) is 14.4. The standard InChI is InChI=1S/C20H16N2O5/c1-26-19-12-11-14(13-17(19)22(24)25)20(23)21-16-9-5-6-10-18(16)27-15-7-3-2-4-8-15/h2-13H,1H3,(H,21,23). The van der Waals surface area contributed by atoms with E-state index < -0.39 is 10.8 Å². The smallest absolute Gasteiger partial charge is 0.311 e. The van der Waals surface area contributed by atoms with Crippen LogP contribution in [-0.2, 0) is 0 Å². The number of anilines is 1. The quantitative estimate of drug-likeness (QED) is 0.508. The van der Waals surface area contributed by atoms with Gasteiger partial charge in [0, 0.05) is 11.6 Å². The number of benzene rings is 3. The minimum absolute atomic E-state index is 0.0874. The lowest BCUT2D eigenvalue weighted by Crippen LogP contribution is -2.13. The first-order valence-electron chi connectivity index (χ1n) is 8.04. The fourth-order valence-corrected chi connectivity index (χ4v) is 2.44. The Labute approximate surface area is 155 Å². The van der Waals surface area contributed by atoms with Crippen molar-refractivity contribution in [1.29, 1.82) is 0 Å². The van der Waals surface area contributed by atoms with Crippen LogP contribution in [-0.4, -0.2) is 17.9 Å². The second kappa shape index (κ2) is 8.01. The maximum Gasteiger partial charge on any atom is 0.311 e. The van der Waals surface area contributed by atoms with Crippen molar-refractivity contribution in [3.8, 4) is 17.2 Å². The van der Waals surface area contributed by atoms with E-state index in [1.807, 2.05) is 18.2 Å². The van der Waals surface area contributed by atoms with Gasteiger partial charge in [-0.1, -0.05) is 30.3 Å². The monoisotopic (exact) mass is 364 g/mol. The molecule has 0 saturated heterocycles. The van der Waals surface area contributed by atoms with Crippen molar-refractivity contribution in [1.82, 2.24) is 0 Å². The van der Waals surface area contributed by atoms with E-state index in [2.05, 4.69) is 5.32 Å². The highest BCUT2D eigenvalue weighted by Crippen LogP contribution is 2.31. The van der Waals surface area contributed by atoms with Crippen LogP contribution < -0.4 is 14.8 Å². The number of nitrogens with zero attached hydrogens (tertiary/aromatic N) is 1. The first-order chi connectivity index (χ1) is 13.1. The van der Waals surface area contributed by atoms with E-state index in [1.165, 1.54) is 25.3 Å². The van der Waals surface area contributed by atoms with E-state index in [4.69, 9.17) is 9.47 Å². The molecule has 0 aliphatic rings. The molecular weight excluding hydrogens is 348 g/mol. The number of amides is 1. The number of nitrogens with one attached hydrogen (secondary N) is 1. The summed E-state index contributed by atoms with van der Waals surface area (Å²) in [6.07, 6.45) is 0. The van der Waals surface area contributed by atoms with Crippen molar-refractivity contribution in [2.45, 2.75) is 0 Å². The molecule has 0 unspecified atom stereocenters. The average Bonchev–Trinajstić information content (AvgIpc) is 2.69. The molecule has 1 N–H and O–H groups in total. The Morgan fingerprint density at radius 3 is 2.37 bits per heavy atom. The second-order valence-corrected chi connectivity index (χ2v) is 5.51. The summed E-state index contributed by atoms with van der Waals surface area (Å²) in [5.41, 5.74) is 0.306. The van der Waals surface area contributed by atoms with Crippen LogP contribution in [0.3, 0.4) is 0 Å². The van der Waals surface area contributed by atoms with Gasteiger partial charge >= 0.3 is 5.69 Å². The van der Waals surface area contributed by atoms with E-state index >= 15 is 0 Å². The molecule has 3 aromatic carbocycles. The Hall–Kier alpha value is -3.87. The molecule has 0 aliphatic heterocycles. The third kappa shape index (κ3) is 4.21. The Morgan fingerprint density at radius 1 is 0.963 bits per heavy atom. The number of nitro groups is 1. The average molecular weight is 364 g/mol. The highest BCUT2D eigenvalue weighted by Gasteiger charge is 2.19. The van der Waals surface area contributed by atoms with Gasteiger partial charge in [-0.2, -0.15) is 0 Å². The number of hydrogen-bond donors (Lipinski definition) is 1. The van der Waals surface area contributed by atoms with Crippen LogP contribution >= 0.6 is 0 Å². The van der Waals surface area contributed by atoms with E-state index in [9.17, 15) is 14.9 Å². The number of ether oxygens (including phenoxy) is 2. The molecule has 0 aromatic heterocycles. The molecule has 0 heterocycles. The van der Waals surface area contributed by atoms with Crippen molar-refractivity contribution < 1.29 is 19.2 Å². The van der Waals surface area contributed by atoms with Crippen LogP contribution in [0.15, 0.2) is 72.8 Å². The van der Waals surface area contributed by atoms with Crippen LogP contribution in [0, 0.1) is 10.1 Å². The van der Waals surface area contributed by atoms with Crippen molar-refractivity contribution >= 4 is 17.3 Å². The lowest BCUT2D eigenvalue weighted by Gasteiger charge is -2.12. The van der Waals surface area contributed by atoms with Crippen LogP contribution in [0.1, 0.15) is 10.4 Å². The zero-order valence-electron chi connectivity index (χ0n) is 14.4. The Balaban J connectivity index is 1.85. The van der Waals surface area contributed by atoms with Crippen molar-refractivity contribution in [3.63, 3.8) is 0 Å². The summed E-state index contributed by atoms with van der Waals surface area (Å²) < 4.78 is 10.8. The molecule has 0 aliphatic carbocycles. The van der Waals surface area contributed by atoms with Gasteiger partial charge in [0.1, 0.15) is 5.75 Å². The molecule has 3 rings (SSSR count). The van der Waals surface area contributed by atoms with Gasteiger partial charge in [0.2, 0.25) is 0 Å². The summed E-state index contributed by atoms with van der Waals surface area (Å²) >= 11 is 0. The summed E-state index contributed by atoms with van der Waals surface area (Å²) in [5, 5.41) is 13.9. The van der Waals surface area contributed by atoms with E-state index in [1.54, 1.807) is 36.4 Å². The van der Waals surface area contributed by atoms with Gasteiger partial charge in [0.15, 0.2) is 11.5 Å². The van der Waals surface area contributed by atoms with E-state index in [0.717, 1.165) is 0 Å². The predicted octanol–water partition coefficient (Wildman–Crippen LogP) is 4.65. The summed E-state index contributed by atoms with van der Waals surface area (Å²) in [4.78, 5) is 23.1. The number of nitro benzene ring substituents is 1. The van der Waals surface area contributed by atoms with Crippen molar-refractivity contribution in [2.75, 3.05) is 12.4 Å². The fraction of sp³-hybridized carbons (Fsp3) is 0.0500. The predicted molar refractivity (Wildman–Crippen MR) is 101 cm³/mol. The summed E-state index contributed by atoms with van der Waals surface area (Å²) in [5.74, 6) is 0.675. The lowest BCUT2D eigenvalue weighted by molar-refractivity contribution is -0.385. The lowest BCUT2D eigenvalue weighted by atomic mass is 10.1. The van der Waals surface area contributed by atoms with Gasteiger partial charge in [0.05, 0.1) is 17.7 Å². The molecule has 7 heteroatoms. The number of carbonyl (C=O) groups excluding carboxylic acids is 1. The maximum atomic E-state index is 12.6. The molecule has 7 nitrogen and oxygen atoms in total. The van der Waals surface area contributed by atoms with Crippen LogP contribution in [0.25, 0.3) is 0 Å². The molecule has 0 bridgehead atoms. The third-order valence-electron chi connectivity index (χ3n) is 3.74. The Morgan fingerprint density at radius 2 is 1.67 bits per heavy atom. The van der Waals surface area contributed by atoms with Crippen LogP contribution in [0.4, 0.5) is 11.4 Å². The molecule has 3 aromatic rings. The fourth-order valence-electron chi connectivity index (χ4n) is 2.44. The minimum atomic E-state index is -0.595. The number of methoxy groups -OCH3 is 1. The first kappa shape index (κ1) is 17.9. The molecule has 0 radical (unpaired) electrons. The molecule has 0 spiro atoms. The Kier molecular flexibility index (Phi) is 5.32. The first-order valence-corrected chi connectivity index (χ1v) is 8.04. The minimum Gasteiger partial charge on any atom is -0.490 e. The molecule has 0 saturated carbocycles. The summed E-state index contributed by atoms with van der Waals surface area (Å²) in [7, 11) is 1.33. The molecule has 0 fully saturated rings. The molecule has 27 heavy (non-hydrogen) atoms. The number of rotatable bonds is 6. The largest absolute Gasteiger partial charge is 0.490 e. The highest BCUT2D eigenvalue weighted by atomic mass is 16.6. The molecule has 1 amide bonds. The highest BCUT2D eigenvalue weighted by molar-refractivity contribution is 6.05. The second-order valence-electron chi connectivity index (χ2n) is 5.51. The number of carbonyl (C=O) groups is 1. The maximum absolute atomic E-state index is 12.6. The normalized spacial score (nSPS) is 10.1. The Bertz CT molecular complexity index is 973. The number of hydrogen-bond acceptors (Lipinski definition) is 5. The number of para-hydroxylation sites is 3. The van der Waals surface area contributed by atoms with Gasteiger partial charge in [-0.05, 0) is 36.4 Å². The van der Waals surface area contributed by atoms with Crippen molar-refractivity contribution in [3.05, 3.63) is 88.5 Å². The molecular formula is C20H16N2O5. The third-order valence-corrected chi connectivity index (χ3v) is 3.74. The molecule has 136 valence electrons. The zero-order chi connectivity index (χ0) is 19.2. The van der Waals surface area contributed by atoms with Gasteiger partial charge in [-0.3, -0.25) is 14.9 Å². The van der Waals surface area contributed by atoms with Crippen molar-refractivity contribution in [2.24, 2.45) is 0 Å². The summed E-state index contributed by atoms with van der Waals surface area (Å²) in [6.45, 7) is 0. The van der Waals surface area contributed by atoms with E-state index in [-0.39, 0.29) is 17.0 Å². The van der Waals surface area contributed by atoms with E-state index in [0.29, 0.717) is 17.2 Å². The topological polar surface area (TPSA) is 90.7 Å². The van der Waals surface area contributed by atoms with Gasteiger partial charge in [0.25, 0.3) is 5.91 Å². The van der Waals surface area contributed by atoms with Gasteiger partial charge < -0.3 is 14.8 Å². The van der Waals surface area contributed by atoms with Crippen LogP contribution in [0.5, 0.6) is 17.2 Å².